The van der Waals surface area contributed by atoms with Crippen molar-refractivity contribution < 1.29 is 18.6 Å². The first kappa shape index (κ1) is 18.5. The van der Waals surface area contributed by atoms with Crippen molar-refractivity contribution in [2.24, 2.45) is 0 Å². The Labute approximate surface area is 163 Å². The van der Waals surface area contributed by atoms with E-state index in [9.17, 15) is 13.9 Å². The van der Waals surface area contributed by atoms with Gasteiger partial charge < -0.3 is 19.6 Å². The Balaban J connectivity index is 1.89. The highest BCUT2D eigenvalue weighted by atomic mass is 79.9. The number of aliphatic hydroxyl groups excluding tert-OH is 1. The maximum Gasteiger partial charge on any atom is 0.138 e. The number of ether oxygens (including phenoxy) is 1. The average Bonchev–Trinajstić information content (AvgIpc) is 2.99. The van der Waals surface area contributed by atoms with Crippen LogP contribution in [0.5, 0.6) is 0 Å². The van der Waals surface area contributed by atoms with Gasteiger partial charge in [0, 0.05) is 30.2 Å². The fraction of sp³-hybridized carbons (Fsp3) is 0.316. The number of halogens is 3. The van der Waals surface area contributed by atoms with E-state index in [-0.39, 0.29) is 24.0 Å². The number of nitrogens with one attached hydrogen (secondary N) is 1. The summed E-state index contributed by atoms with van der Waals surface area (Å²) < 4.78 is 37.2. The third-order valence-corrected chi connectivity index (χ3v) is 5.10. The van der Waals surface area contributed by atoms with Gasteiger partial charge in [0.05, 0.1) is 36.3 Å². The number of nitrogens with zero attached hydrogens (tertiary/aromatic N) is 2. The number of morpholine rings is 1. The summed E-state index contributed by atoms with van der Waals surface area (Å²) in [5, 5.41) is 12.6. The van der Waals surface area contributed by atoms with Crippen LogP contribution in [0.3, 0.4) is 0 Å². The molecule has 3 heterocycles. The maximum atomic E-state index is 14.6. The van der Waals surface area contributed by atoms with Gasteiger partial charge in [-0.2, -0.15) is 0 Å². The summed E-state index contributed by atoms with van der Waals surface area (Å²) in [4.78, 5) is 4.49. The van der Waals surface area contributed by atoms with Crippen LogP contribution in [0.15, 0.2) is 34.9 Å². The van der Waals surface area contributed by atoms with Gasteiger partial charge in [0.2, 0.25) is 0 Å². The van der Waals surface area contributed by atoms with E-state index in [0.717, 1.165) is 6.54 Å². The lowest BCUT2D eigenvalue weighted by molar-refractivity contribution is 0.0286. The number of fused-ring (bicyclic) bond motifs is 1. The fourth-order valence-electron chi connectivity index (χ4n) is 3.37. The number of hydrogen-bond donors (Lipinski definition) is 2. The molecular weight excluding hydrogens is 420 g/mol. The van der Waals surface area contributed by atoms with Crippen LogP contribution in [0.4, 0.5) is 8.78 Å². The maximum absolute atomic E-state index is 14.6. The Bertz CT molecular complexity index is 963. The quantitative estimate of drug-likeness (QED) is 0.658. The molecule has 2 N–H and O–H groups in total. The van der Waals surface area contributed by atoms with Crippen molar-refractivity contribution in [3.8, 4) is 11.3 Å². The van der Waals surface area contributed by atoms with Crippen LogP contribution in [-0.2, 0) is 17.8 Å². The van der Waals surface area contributed by atoms with Gasteiger partial charge in [-0.15, -0.1) is 0 Å². The van der Waals surface area contributed by atoms with Crippen molar-refractivity contribution in [2.75, 3.05) is 19.7 Å². The minimum Gasteiger partial charge on any atom is -0.392 e. The van der Waals surface area contributed by atoms with Crippen molar-refractivity contribution in [1.82, 2.24) is 14.7 Å². The molecule has 1 saturated heterocycles. The monoisotopic (exact) mass is 437 g/mol. The van der Waals surface area contributed by atoms with Crippen LogP contribution in [0.1, 0.15) is 11.3 Å². The summed E-state index contributed by atoms with van der Waals surface area (Å²) in [5.41, 5.74) is 1.96. The summed E-state index contributed by atoms with van der Waals surface area (Å²) in [5.74, 6) is -1.37. The lowest BCUT2D eigenvalue weighted by atomic mass is 10.0. The Hall–Kier alpha value is -1.87. The van der Waals surface area contributed by atoms with Crippen molar-refractivity contribution in [3.63, 3.8) is 0 Å². The van der Waals surface area contributed by atoms with Crippen LogP contribution in [0.25, 0.3) is 16.9 Å². The lowest BCUT2D eigenvalue weighted by Crippen LogP contribution is -2.39. The van der Waals surface area contributed by atoms with E-state index in [4.69, 9.17) is 4.74 Å². The molecule has 8 heteroatoms. The highest BCUT2D eigenvalue weighted by Gasteiger charge is 2.25. The SMILES string of the molecule is OCc1ccn2c(CC3CNCCO3)c(-c3c(F)cc(Br)cc3F)nc2c1. The molecule has 1 aliphatic rings. The first-order valence-corrected chi connectivity index (χ1v) is 9.44. The Morgan fingerprint density at radius 3 is 2.74 bits per heavy atom. The minimum absolute atomic E-state index is 0.114. The molecule has 0 spiro atoms. The van der Waals surface area contributed by atoms with Gasteiger partial charge in [-0.25, -0.2) is 13.8 Å². The van der Waals surface area contributed by atoms with Crippen molar-refractivity contribution >= 4 is 21.6 Å². The predicted octanol–water partition coefficient (Wildman–Crippen LogP) is 3.07. The number of aliphatic hydroxyl groups is 1. The van der Waals surface area contributed by atoms with Gasteiger partial charge in [0.25, 0.3) is 0 Å². The predicted molar refractivity (Wildman–Crippen MR) is 100 cm³/mol. The fourth-order valence-corrected chi connectivity index (χ4v) is 3.77. The first-order valence-electron chi connectivity index (χ1n) is 8.64. The molecular formula is C19H18BrF2N3O2. The van der Waals surface area contributed by atoms with Gasteiger partial charge in [0.1, 0.15) is 17.3 Å². The van der Waals surface area contributed by atoms with Gasteiger partial charge in [0.15, 0.2) is 0 Å². The van der Waals surface area contributed by atoms with E-state index in [1.165, 1.54) is 12.1 Å². The van der Waals surface area contributed by atoms with Crippen molar-refractivity contribution in [2.45, 2.75) is 19.1 Å². The van der Waals surface area contributed by atoms with Gasteiger partial charge in [-0.3, -0.25) is 0 Å². The van der Waals surface area contributed by atoms with Crippen LogP contribution >= 0.6 is 15.9 Å². The molecule has 0 bridgehead atoms. The molecule has 1 atom stereocenters. The zero-order chi connectivity index (χ0) is 19.0. The highest BCUT2D eigenvalue weighted by Crippen LogP contribution is 2.32. The van der Waals surface area contributed by atoms with Gasteiger partial charge >= 0.3 is 0 Å². The summed E-state index contributed by atoms with van der Waals surface area (Å²) >= 11 is 3.11. The zero-order valence-electron chi connectivity index (χ0n) is 14.4. The van der Waals surface area contributed by atoms with Crippen LogP contribution in [0, 0.1) is 11.6 Å². The highest BCUT2D eigenvalue weighted by molar-refractivity contribution is 9.10. The second-order valence-electron chi connectivity index (χ2n) is 6.47. The Morgan fingerprint density at radius 1 is 1.30 bits per heavy atom. The van der Waals surface area contributed by atoms with Gasteiger partial charge in [-0.1, -0.05) is 15.9 Å². The third-order valence-electron chi connectivity index (χ3n) is 4.64. The molecule has 0 amide bonds. The molecule has 2 aromatic heterocycles. The second kappa shape index (κ2) is 7.63. The second-order valence-corrected chi connectivity index (χ2v) is 7.39. The summed E-state index contributed by atoms with van der Waals surface area (Å²) in [6.45, 7) is 1.90. The van der Waals surface area contributed by atoms with E-state index in [0.29, 0.717) is 40.9 Å². The number of aromatic nitrogens is 2. The molecule has 4 rings (SSSR count). The molecule has 1 aliphatic heterocycles. The van der Waals surface area contributed by atoms with Crippen LogP contribution < -0.4 is 5.32 Å². The van der Waals surface area contributed by atoms with E-state index in [1.807, 2.05) is 0 Å². The normalized spacial score (nSPS) is 17.6. The summed E-state index contributed by atoms with van der Waals surface area (Å²) in [7, 11) is 0. The van der Waals surface area contributed by atoms with E-state index in [1.54, 1.807) is 22.7 Å². The van der Waals surface area contributed by atoms with Gasteiger partial charge in [-0.05, 0) is 29.8 Å². The number of rotatable bonds is 4. The van der Waals surface area contributed by atoms with E-state index >= 15 is 0 Å². The standard InChI is InChI=1S/C19H18BrF2N3O2/c20-12-6-14(21)18(15(22)7-12)19-16(8-13-9-23-2-4-27-13)25-3-1-11(10-26)5-17(25)24-19/h1,3,5-7,13,23,26H,2,4,8-10H2. The summed E-state index contributed by atoms with van der Waals surface area (Å²) in [6, 6.07) is 5.92. The number of pyridine rings is 1. The Morgan fingerprint density at radius 2 is 2.07 bits per heavy atom. The molecule has 1 aromatic carbocycles. The number of benzene rings is 1. The van der Waals surface area contributed by atoms with E-state index in [2.05, 4.69) is 26.2 Å². The average molecular weight is 438 g/mol. The number of hydrogen-bond acceptors (Lipinski definition) is 4. The van der Waals surface area contributed by atoms with Crippen LogP contribution in [-0.4, -0.2) is 40.3 Å². The minimum atomic E-state index is -0.684. The molecule has 5 nitrogen and oxygen atoms in total. The molecule has 27 heavy (non-hydrogen) atoms. The molecule has 0 saturated carbocycles. The van der Waals surface area contributed by atoms with Crippen LogP contribution in [0.2, 0.25) is 0 Å². The van der Waals surface area contributed by atoms with E-state index < -0.39 is 11.6 Å². The third kappa shape index (κ3) is 3.62. The molecule has 1 fully saturated rings. The zero-order valence-corrected chi connectivity index (χ0v) is 16.0. The summed E-state index contributed by atoms with van der Waals surface area (Å²) in [6.07, 6.45) is 2.10. The van der Waals surface area contributed by atoms with Crippen molar-refractivity contribution in [3.05, 3.63) is 57.8 Å². The molecule has 0 radical (unpaired) electrons. The molecule has 3 aromatic rings. The Kier molecular flexibility index (Phi) is 5.23. The lowest BCUT2D eigenvalue weighted by Gasteiger charge is -2.24. The smallest absolute Gasteiger partial charge is 0.138 e. The topological polar surface area (TPSA) is 58.8 Å². The molecule has 142 valence electrons. The first-order chi connectivity index (χ1) is 13.1. The number of imidazole rings is 1. The van der Waals surface area contributed by atoms with Crippen molar-refractivity contribution in [1.29, 1.82) is 0 Å². The largest absolute Gasteiger partial charge is 0.392 e. The molecule has 0 aliphatic carbocycles. The molecule has 1 unspecified atom stereocenters.